The van der Waals surface area contributed by atoms with Gasteiger partial charge in [0.2, 0.25) is 0 Å². The fourth-order valence-corrected chi connectivity index (χ4v) is 11.4. The summed E-state index contributed by atoms with van der Waals surface area (Å²) in [6, 6.07) is 0. The molecule has 0 aromatic heterocycles. The van der Waals surface area contributed by atoms with Gasteiger partial charge in [0.15, 0.2) is 6.29 Å². The van der Waals surface area contributed by atoms with Crippen LogP contribution in [0.3, 0.4) is 0 Å². The molecule has 1 saturated heterocycles. The fraction of sp³-hybridized carbons (Fsp3) is 0.939. The lowest BCUT2D eigenvalue weighted by Crippen LogP contribution is -2.68. The number of fused-ring (bicyclic) bond motifs is 5. The van der Waals surface area contributed by atoms with Gasteiger partial charge in [0.1, 0.15) is 24.4 Å². The van der Waals surface area contributed by atoms with E-state index in [9.17, 15) is 49.3 Å². The van der Waals surface area contributed by atoms with Crippen molar-refractivity contribution in [3.05, 3.63) is 12.2 Å². The third-order valence-electron chi connectivity index (χ3n) is 13.0. The van der Waals surface area contributed by atoms with Gasteiger partial charge in [-0.15, -0.1) is 0 Å². The molecule has 0 amide bonds. The van der Waals surface area contributed by atoms with Crippen molar-refractivity contribution >= 4 is 10.4 Å². The first-order valence-electron chi connectivity index (χ1n) is 17.3. The summed E-state index contributed by atoms with van der Waals surface area (Å²) in [4.78, 5) is 0. The van der Waals surface area contributed by atoms with Crippen molar-refractivity contribution in [3.8, 4) is 0 Å². The Morgan fingerprint density at radius 2 is 1.60 bits per heavy atom. The van der Waals surface area contributed by atoms with Crippen LogP contribution >= 0.6 is 0 Å². The molecule has 0 radical (unpaired) electrons. The highest BCUT2D eigenvalue weighted by molar-refractivity contribution is 7.80. The van der Waals surface area contributed by atoms with Crippen LogP contribution < -0.4 is 0 Å². The molecule has 0 spiro atoms. The first-order chi connectivity index (χ1) is 22.3. The van der Waals surface area contributed by atoms with Gasteiger partial charge >= 0.3 is 10.4 Å². The molecule has 4 saturated carbocycles. The highest BCUT2D eigenvalue weighted by Crippen LogP contribution is 2.69. The molecule has 0 aromatic carbocycles. The smallest absolute Gasteiger partial charge is 0.394 e. The Morgan fingerprint density at radius 3 is 2.25 bits per heavy atom. The SMILES string of the molecule is C[C@H](C=C[C@H](C)CCO[C@@H]1O[C@H](CO)[C@@H](OS(=O)(=O)O)[C@H](O)[C@H]1O)[C@H]1C(O)C(O)[C@@H]2[C@]1(C)CC[C@H]1[C@@]2(O)CC(O)C2CC(O)CC[C@@]21C. The van der Waals surface area contributed by atoms with Gasteiger partial charge in [-0.1, -0.05) is 39.8 Å². The predicted molar refractivity (Wildman–Crippen MR) is 169 cm³/mol. The highest BCUT2D eigenvalue weighted by atomic mass is 32.3. The van der Waals surface area contributed by atoms with Crippen molar-refractivity contribution in [2.24, 2.45) is 46.3 Å². The lowest BCUT2D eigenvalue weighted by Gasteiger charge is -2.65. The summed E-state index contributed by atoms with van der Waals surface area (Å²) in [7, 11) is -5.00. The van der Waals surface area contributed by atoms with Crippen molar-refractivity contribution in [1.29, 1.82) is 0 Å². The standard InChI is InChI=1S/C33H56O14S/c1-16(9-12-45-30-27(40)25(38)28(21(15-34)46-30)47-48(42,43)44)5-6-17(2)23-24(37)26(39)29-32(23,4)11-8-22-31(3)10-7-18(35)13-19(31)20(36)14-33(22,29)41/h5-6,16-30,34-41H,7-15H2,1-4H3,(H,42,43,44)/t16-,17+,18?,19?,20?,21+,22+,23-,24?,25+,26?,27+,28+,29+,30+,31-,32+,33-/m0/s1. The quantitative estimate of drug-likeness (QED) is 0.106. The molecule has 9 N–H and O–H groups in total. The van der Waals surface area contributed by atoms with Crippen LogP contribution in [0, 0.1) is 46.3 Å². The third-order valence-corrected chi connectivity index (χ3v) is 13.5. The topological polar surface area (TPSA) is 244 Å². The van der Waals surface area contributed by atoms with Gasteiger partial charge in [0.25, 0.3) is 0 Å². The number of allylic oxidation sites excluding steroid dienone is 2. The summed E-state index contributed by atoms with van der Waals surface area (Å²) in [5.41, 5.74) is -2.35. The lowest BCUT2D eigenvalue weighted by molar-refractivity contribution is -0.297. The zero-order valence-electron chi connectivity index (χ0n) is 28.2. The van der Waals surface area contributed by atoms with Crippen molar-refractivity contribution in [1.82, 2.24) is 0 Å². The van der Waals surface area contributed by atoms with E-state index in [0.29, 0.717) is 38.5 Å². The molecule has 5 rings (SSSR count). The molecule has 1 heterocycles. The van der Waals surface area contributed by atoms with Crippen molar-refractivity contribution < 1.29 is 67.5 Å². The van der Waals surface area contributed by atoms with E-state index in [4.69, 9.17) is 14.0 Å². The molecule has 4 aliphatic carbocycles. The van der Waals surface area contributed by atoms with Crippen LogP contribution in [0.2, 0.25) is 0 Å². The number of hydrogen-bond donors (Lipinski definition) is 9. The molecule has 15 heteroatoms. The van der Waals surface area contributed by atoms with Crippen molar-refractivity contribution in [2.45, 2.75) is 133 Å². The van der Waals surface area contributed by atoms with E-state index in [1.807, 2.05) is 32.9 Å². The minimum atomic E-state index is -5.00. The van der Waals surface area contributed by atoms with E-state index in [0.717, 1.165) is 0 Å². The summed E-state index contributed by atoms with van der Waals surface area (Å²) in [6.07, 6.45) is -3.92. The summed E-state index contributed by atoms with van der Waals surface area (Å²) >= 11 is 0. The second kappa shape index (κ2) is 14.0. The van der Waals surface area contributed by atoms with Gasteiger partial charge in [0.05, 0.1) is 43.2 Å². The zero-order chi connectivity index (χ0) is 35.6. The van der Waals surface area contributed by atoms with E-state index in [1.54, 1.807) is 0 Å². The predicted octanol–water partition coefficient (Wildman–Crippen LogP) is -0.104. The number of aliphatic hydroxyl groups excluding tert-OH is 7. The van der Waals surface area contributed by atoms with Crippen LogP contribution in [0.25, 0.3) is 0 Å². The average Bonchev–Trinajstić information content (AvgIpc) is 3.20. The number of hydrogen-bond acceptors (Lipinski definition) is 13. The molecule has 278 valence electrons. The van der Waals surface area contributed by atoms with E-state index in [1.165, 1.54) is 0 Å². The Bertz CT molecular complexity index is 1260. The van der Waals surface area contributed by atoms with Gasteiger partial charge in [-0.3, -0.25) is 4.55 Å². The molecular formula is C33H56O14S. The Labute approximate surface area is 282 Å². The molecule has 14 nitrogen and oxygen atoms in total. The Kier molecular flexibility index (Phi) is 11.2. The number of rotatable bonds is 10. The summed E-state index contributed by atoms with van der Waals surface area (Å²) < 4.78 is 46.6. The summed E-state index contributed by atoms with van der Waals surface area (Å²) in [5.74, 6) is -1.53. The maximum atomic E-state index is 12.5. The Balaban J connectivity index is 1.22. The van der Waals surface area contributed by atoms with Crippen LogP contribution in [0.1, 0.15) is 72.6 Å². The highest BCUT2D eigenvalue weighted by Gasteiger charge is 2.72. The molecule has 5 fully saturated rings. The number of ether oxygens (including phenoxy) is 2. The monoisotopic (exact) mass is 708 g/mol. The van der Waals surface area contributed by atoms with Crippen LogP contribution in [0.4, 0.5) is 0 Å². The van der Waals surface area contributed by atoms with Crippen molar-refractivity contribution in [3.63, 3.8) is 0 Å². The number of aliphatic hydroxyl groups is 8. The molecule has 18 atom stereocenters. The Hall–Kier alpha value is -0.790. The fourth-order valence-electron chi connectivity index (χ4n) is 10.8. The van der Waals surface area contributed by atoms with Crippen LogP contribution in [0.5, 0.6) is 0 Å². The van der Waals surface area contributed by atoms with Gasteiger partial charge in [-0.25, -0.2) is 4.18 Å². The van der Waals surface area contributed by atoms with Crippen LogP contribution in [-0.4, -0.2) is 128 Å². The van der Waals surface area contributed by atoms with E-state index in [2.05, 4.69) is 11.1 Å². The van der Waals surface area contributed by atoms with Crippen LogP contribution in [-0.2, 0) is 24.1 Å². The first-order valence-corrected chi connectivity index (χ1v) is 18.7. The van der Waals surface area contributed by atoms with Gasteiger partial charge in [0, 0.05) is 12.3 Å². The maximum absolute atomic E-state index is 12.5. The first kappa shape index (κ1) is 38.4. The largest absolute Gasteiger partial charge is 0.397 e. The second-order valence-corrected chi connectivity index (χ2v) is 17.0. The van der Waals surface area contributed by atoms with E-state index in [-0.39, 0.29) is 48.0 Å². The third kappa shape index (κ3) is 6.77. The molecule has 5 unspecified atom stereocenters. The Morgan fingerprint density at radius 1 is 0.938 bits per heavy atom. The van der Waals surface area contributed by atoms with Crippen LogP contribution in [0.15, 0.2) is 12.2 Å². The van der Waals surface area contributed by atoms with Crippen molar-refractivity contribution in [2.75, 3.05) is 13.2 Å². The van der Waals surface area contributed by atoms with E-state index >= 15 is 0 Å². The lowest BCUT2D eigenvalue weighted by atomic mass is 9.42. The minimum absolute atomic E-state index is 0.0543. The molecule has 0 bridgehead atoms. The molecule has 5 aliphatic rings. The molecular weight excluding hydrogens is 652 g/mol. The summed E-state index contributed by atoms with van der Waals surface area (Å²) in [6.45, 7) is 7.36. The molecule has 48 heavy (non-hydrogen) atoms. The van der Waals surface area contributed by atoms with Gasteiger partial charge in [-0.2, -0.15) is 8.42 Å². The second-order valence-electron chi connectivity index (χ2n) is 16.0. The zero-order valence-corrected chi connectivity index (χ0v) is 29.0. The normalized spacial score (nSPS) is 50.8. The molecule has 1 aliphatic heterocycles. The maximum Gasteiger partial charge on any atom is 0.397 e. The average molecular weight is 709 g/mol. The van der Waals surface area contributed by atoms with Gasteiger partial charge < -0.3 is 50.3 Å². The minimum Gasteiger partial charge on any atom is -0.394 e. The van der Waals surface area contributed by atoms with Gasteiger partial charge in [-0.05, 0) is 78.9 Å². The van der Waals surface area contributed by atoms with E-state index < -0.39 is 89.1 Å². The molecule has 0 aromatic rings. The summed E-state index contributed by atoms with van der Waals surface area (Å²) in [5, 5.41) is 87.5.